The lowest BCUT2D eigenvalue weighted by atomic mass is 9.81. The Labute approximate surface area is 545 Å². The molecule has 0 saturated carbocycles. The van der Waals surface area contributed by atoms with Crippen molar-refractivity contribution in [3.05, 3.63) is 83.6 Å². The van der Waals surface area contributed by atoms with E-state index >= 15 is 0 Å². The van der Waals surface area contributed by atoms with Gasteiger partial charge in [0.1, 0.15) is 6.54 Å². The molecule has 2 heterocycles. The monoisotopic (exact) mass is 1400 g/mol. The summed E-state index contributed by atoms with van der Waals surface area (Å²) >= 11 is 0.884. The molecule has 0 radical (unpaired) electrons. The van der Waals surface area contributed by atoms with Gasteiger partial charge in [0.05, 0.1) is 61.2 Å². The lowest BCUT2D eigenvalue weighted by Gasteiger charge is -2.27. The fourth-order valence-electron chi connectivity index (χ4n) is 10.3. The topological polar surface area (TPSA) is 284 Å². The molecule has 3 amide bonds. The Kier molecular flexibility index (Phi) is 33.5. The van der Waals surface area contributed by atoms with Gasteiger partial charge in [-0.2, -0.15) is 39.3 Å². The van der Waals surface area contributed by atoms with Crippen molar-refractivity contribution in [2.24, 2.45) is 0 Å². The van der Waals surface area contributed by atoms with Gasteiger partial charge < -0.3 is 43.7 Å². The predicted octanol–water partition coefficient (Wildman–Crippen LogP) is 11.8. The van der Waals surface area contributed by atoms with E-state index in [9.17, 15) is 67.6 Å². The maximum Gasteiger partial charge on any atom is 0.471 e. The zero-order valence-electron chi connectivity index (χ0n) is 53.5. The first-order valence-electron chi connectivity index (χ1n) is 31.0. The number of anilines is 1. The van der Waals surface area contributed by atoms with Crippen LogP contribution in [-0.2, 0) is 81.5 Å². The molecular formula is C61H90F6N5O17P2S2+. The van der Waals surface area contributed by atoms with Crippen LogP contribution in [0.1, 0.15) is 155 Å². The van der Waals surface area contributed by atoms with Crippen molar-refractivity contribution in [2.75, 3.05) is 82.7 Å². The highest BCUT2D eigenvalue weighted by Gasteiger charge is 2.47. The first-order valence-corrected chi connectivity index (χ1v) is 36.6. The summed E-state index contributed by atoms with van der Waals surface area (Å²) in [6.45, 7) is 9.75. The highest BCUT2D eigenvalue weighted by Crippen LogP contribution is 2.53. The van der Waals surface area contributed by atoms with E-state index in [2.05, 4.69) is 26.2 Å². The molecule has 4 rings (SSSR count). The maximum absolute atomic E-state index is 15.0. The molecule has 0 saturated heterocycles. The van der Waals surface area contributed by atoms with Crippen molar-refractivity contribution in [1.82, 2.24) is 16.0 Å². The van der Waals surface area contributed by atoms with Crippen molar-refractivity contribution in [3.63, 3.8) is 0 Å². The number of fused-ring (bicyclic) bond motifs is 2. The fourth-order valence-corrected chi connectivity index (χ4v) is 14.4. The minimum atomic E-state index is -5.05. The Balaban J connectivity index is 1.65. The van der Waals surface area contributed by atoms with Gasteiger partial charge in [0.2, 0.25) is 11.6 Å². The Bertz CT molecular complexity index is 3130. The SMILES string of the molecule is CCCCCCCOP(=O)(OCCCCNC(=O)C(F)(F)F)c1ccc2c(c1)C(C)(C)/C(=C/C=C/C=C/C1=[N+](CCCSOOO)c3ccc(P(=O)(OCCCCCCOC(=O)CCC(=O)NC)OCCCCNC(=O)C(F)(F)F)cc3C1(C)C)N2CCCS(=O)(=O)O. The number of carbonyl (C=O) groups is 4. The molecule has 0 aliphatic carbocycles. The number of carbonyl (C=O) groups excluding carboxylic acids is 4. The van der Waals surface area contributed by atoms with E-state index in [1.165, 1.54) is 7.05 Å². The summed E-state index contributed by atoms with van der Waals surface area (Å²) in [6, 6.07) is 10.2. The molecule has 5 N–H and O–H groups in total. The van der Waals surface area contributed by atoms with Gasteiger partial charge in [0.15, 0.2) is 5.71 Å². The molecule has 0 bridgehead atoms. The van der Waals surface area contributed by atoms with E-state index < -0.39 is 72.0 Å². The van der Waals surface area contributed by atoms with E-state index in [-0.39, 0.29) is 114 Å². The number of nitrogens with zero attached hydrogens (tertiary/aromatic N) is 2. The molecule has 0 spiro atoms. The van der Waals surface area contributed by atoms with Crippen LogP contribution in [0, 0.1) is 0 Å². The predicted molar refractivity (Wildman–Crippen MR) is 342 cm³/mol. The highest BCUT2D eigenvalue weighted by atomic mass is 32.2. The van der Waals surface area contributed by atoms with Gasteiger partial charge in [0, 0.05) is 91.8 Å². The zero-order valence-corrected chi connectivity index (χ0v) is 57.0. The molecule has 0 fully saturated rings. The first kappa shape index (κ1) is 80.5. The number of benzene rings is 2. The van der Waals surface area contributed by atoms with Crippen LogP contribution in [0.5, 0.6) is 0 Å². The number of nitrogens with one attached hydrogen (secondary N) is 3. The van der Waals surface area contributed by atoms with Gasteiger partial charge in [0.25, 0.3) is 10.1 Å². The van der Waals surface area contributed by atoms with Crippen LogP contribution >= 0.6 is 27.2 Å². The Morgan fingerprint density at radius 2 is 1.20 bits per heavy atom. The quantitative estimate of drug-likeness (QED) is 0.00393. The Morgan fingerprint density at radius 3 is 1.73 bits per heavy atom. The minimum absolute atomic E-state index is 0.0102. The number of hydrogen-bond donors (Lipinski definition) is 5. The lowest BCUT2D eigenvalue weighted by Crippen LogP contribution is -2.37. The number of halogens is 6. The van der Waals surface area contributed by atoms with E-state index in [0.717, 1.165) is 54.7 Å². The molecule has 2 aliphatic heterocycles. The van der Waals surface area contributed by atoms with Crippen LogP contribution in [0.15, 0.2) is 72.5 Å². The summed E-state index contributed by atoms with van der Waals surface area (Å²) in [4.78, 5) is 48.1. The largest absolute Gasteiger partial charge is 0.471 e. The van der Waals surface area contributed by atoms with Crippen LogP contribution < -0.4 is 31.5 Å². The highest BCUT2D eigenvalue weighted by molar-refractivity contribution is 7.94. The smallest absolute Gasteiger partial charge is 0.466 e. The third kappa shape index (κ3) is 26.2. The molecule has 22 nitrogen and oxygen atoms in total. The number of amides is 3. The lowest BCUT2D eigenvalue weighted by molar-refractivity contribution is -0.438. The summed E-state index contributed by atoms with van der Waals surface area (Å²) in [7, 11) is -11.1. The molecule has 524 valence electrons. The number of unbranched alkanes of at least 4 members (excludes halogenated alkanes) is 9. The van der Waals surface area contributed by atoms with Crippen LogP contribution in [0.2, 0.25) is 0 Å². The number of hydrogen-bond acceptors (Lipinski definition) is 18. The van der Waals surface area contributed by atoms with Crippen LogP contribution in [0.3, 0.4) is 0 Å². The van der Waals surface area contributed by atoms with Crippen LogP contribution in [-0.4, -0.2) is 142 Å². The van der Waals surface area contributed by atoms with Gasteiger partial charge in [-0.3, -0.25) is 32.9 Å². The van der Waals surface area contributed by atoms with Gasteiger partial charge in [-0.05, 0) is 114 Å². The van der Waals surface area contributed by atoms with E-state index in [4.69, 9.17) is 28.1 Å². The van der Waals surface area contributed by atoms with E-state index in [1.54, 1.807) is 48.6 Å². The Hall–Kier alpha value is -4.97. The van der Waals surface area contributed by atoms with E-state index in [0.29, 0.717) is 67.8 Å². The van der Waals surface area contributed by atoms with Crippen molar-refractivity contribution in [1.29, 1.82) is 0 Å². The standard InChI is InChI=1S/C61H89F6N5O17P2S2/c1-7-8-9-10-19-38-84-90(78,86-40-21-16-33-69-56(75)60(62,63)64)47-28-30-51-49(45-47)59(4,5)53(72(51)36-24-43-93(80,81)82)26-15-13-14-25-52-58(2,3)48-44-46(27-29-50(48)71(52)35-23-42-92-89-88-77)91(79,87-41-22-17-34-70-57(76)61(65,66)67)85-39-20-12-11-18-37-83-55(74)32-31-54(73)68-6/h13-15,25-30,44-45H,7-12,16-24,31-43H2,1-6H3,(H4-,68,69,70,73,75,76,77,80,81,82)/p+1. The molecule has 93 heavy (non-hydrogen) atoms. The summed E-state index contributed by atoms with van der Waals surface area (Å²) in [5, 5.41) is 19.0. The molecule has 2 atom stereocenters. The minimum Gasteiger partial charge on any atom is -0.466 e. The van der Waals surface area contributed by atoms with Crippen LogP contribution in [0.4, 0.5) is 37.7 Å². The third-order valence-electron chi connectivity index (χ3n) is 15.2. The molecular weight excluding hydrogens is 1310 g/mol. The molecule has 2 aromatic rings. The number of allylic oxidation sites excluding steroid dienone is 6. The number of ether oxygens (including phenoxy) is 1. The van der Waals surface area contributed by atoms with Crippen LogP contribution in [0.25, 0.3) is 0 Å². The molecule has 2 aliphatic rings. The second kappa shape index (κ2) is 38.7. The number of esters is 1. The molecule has 2 unspecified atom stereocenters. The summed E-state index contributed by atoms with van der Waals surface area (Å²) in [6.07, 6.45) is 6.57. The van der Waals surface area contributed by atoms with Gasteiger partial charge in [-0.15, -0.1) is 4.33 Å². The summed E-state index contributed by atoms with van der Waals surface area (Å²) in [5.74, 6) is -5.06. The summed E-state index contributed by atoms with van der Waals surface area (Å²) in [5.41, 5.74) is 2.75. The van der Waals surface area contributed by atoms with Gasteiger partial charge >= 0.3 is 45.3 Å². The third-order valence-corrected chi connectivity index (χ3v) is 20.6. The van der Waals surface area contributed by atoms with Gasteiger partial charge in [-0.1, -0.05) is 76.1 Å². The molecule has 32 heteroatoms. The average molecular weight is 1410 g/mol. The Morgan fingerprint density at radius 1 is 0.677 bits per heavy atom. The van der Waals surface area contributed by atoms with Crippen molar-refractivity contribution in [3.8, 4) is 0 Å². The number of alkyl halides is 6. The van der Waals surface area contributed by atoms with Crippen molar-refractivity contribution < 1.29 is 110 Å². The van der Waals surface area contributed by atoms with Crippen molar-refractivity contribution >= 4 is 88.7 Å². The van der Waals surface area contributed by atoms with Gasteiger partial charge in [-0.25, -0.2) is 5.26 Å². The second-order valence-electron chi connectivity index (χ2n) is 23.1. The van der Waals surface area contributed by atoms with Crippen molar-refractivity contribution in [2.45, 2.75) is 167 Å². The van der Waals surface area contributed by atoms with E-state index in [1.807, 2.05) is 61.5 Å². The average Bonchev–Trinajstić information content (AvgIpc) is 1.60. The normalized spacial score (nSPS) is 16.4. The molecule has 0 aromatic heterocycles. The molecule has 2 aromatic carbocycles. The summed E-state index contributed by atoms with van der Waals surface area (Å²) < 4.78 is 176. The maximum atomic E-state index is 15.0. The fraction of sp³-hybridized carbons (Fsp3) is 0.623. The first-order chi connectivity index (χ1) is 43.9. The zero-order chi connectivity index (χ0) is 68.9. The second-order valence-corrected chi connectivity index (χ2v) is 29.5. The number of rotatable bonds is 45.